The Kier molecular flexibility index (Phi) is 4.60. The molecule has 0 saturated heterocycles. The standard InChI is InChI=1S/C11H9F2IN2/c1-2-16-11(14)6-10(15)8-4-3-7(12)5-9(8)13/h2-6H,1,15H2/b10-6-,16-11+. The zero-order valence-corrected chi connectivity index (χ0v) is 10.4. The smallest absolute Gasteiger partial charge is 0.135 e. The molecule has 0 saturated carbocycles. The summed E-state index contributed by atoms with van der Waals surface area (Å²) in [5, 5.41) is 0. The third-order valence-corrected chi connectivity index (χ3v) is 2.32. The average Bonchev–Trinajstić information content (AvgIpc) is 2.17. The number of halogens is 3. The lowest BCUT2D eigenvalue weighted by Gasteiger charge is -2.03. The summed E-state index contributed by atoms with van der Waals surface area (Å²) in [6, 6.07) is 3.22. The van der Waals surface area contributed by atoms with Gasteiger partial charge >= 0.3 is 0 Å². The molecule has 1 aromatic carbocycles. The van der Waals surface area contributed by atoms with Crippen LogP contribution in [0.5, 0.6) is 0 Å². The van der Waals surface area contributed by atoms with E-state index in [-0.39, 0.29) is 11.3 Å². The zero-order chi connectivity index (χ0) is 12.1. The van der Waals surface area contributed by atoms with Gasteiger partial charge in [0.15, 0.2) is 0 Å². The highest BCUT2D eigenvalue weighted by atomic mass is 127. The van der Waals surface area contributed by atoms with Crippen LogP contribution in [-0.4, -0.2) is 3.72 Å². The highest BCUT2D eigenvalue weighted by Crippen LogP contribution is 2.16. The molecule has 0 amide bonds. The first kappa shape index (κ1) is 12.8. The molecule has 0 aromatic heterocycles. The van der Waals surface area contributed by atoms with Gasteiger partial charge in [0.1, 0.15) is 15.4 Å². The van der Waals surface area contributed by atoms with Crippen molar-refractivity contribution in [2.75, 3.05) is 0 Å². The molecule has 0 spiro atoms. The second-order valence-electron chi connectivity index (χ2n) is 2.86. The van der Waals surface area contributed by atoms with Crippen LogP contribution in [0.15, 0.2) is 42.0 Å². The van der Waals surface area contributed by atoms with Gasteiger partial charge in [-0.25, -0.2) is 8.78 Å². The Labute approximate surface area is 106 Å². The first-order chi connectivity index (χ1) is 7.54. The summed E-state index contributed by atoms with van der Waals surface area (Å²) in [6.07, 6.45) is 2.84. The predicted molar refractivity (Wildman–Crippen MR) is 70.2 cm³/mol. The van der Waals surface area contributed by atoms with Gasteiger partial charge in [-0.05, 0) is 40.8 Å². The van der Waals surface area contributed by atoms with Crippen molar-refractivity contribution in [3.63, 3.8) is 0 Å². The molecule has 2 N–H and O–H groups in total. The van der Waals surface area contributed by atoms with E-state index in [1.807, 2.05) is 22.6 Å². The number of hydrogen-bond acceptors (Lipinski definition) is 2. The maximum absolute atomic E-state index is 13.3. The van der Waals surface area contributed by atoms with Gasteiger partial charge in [0.25, 0.3) is 0 Å². The number of nitrogens with two attached hydrogens (primary N) is 1. The molecule has 16 heavy (non-hydrogen) atoms. The molecule has 0 unspecified atom stereocenters. The Bertz CT molecular complexity index is 467. The van der Waals surface area contributed by atoms with Crippen molar-refractivity contribution in [1.29, 1.82) is 0 Å². The Morgan fingerprint density at radius 3 is 2.69 bits per heavy atom. The summed E-state index contributed by atoms with van der Waals surface area (Å²) in [5.74, 6) is -1.33. The lowest BCUT2D eigenvalue weighted by Crippen LogP contribution is -2.01. The van der Waals surface area contributed by atoms with E-state index in [0.29, 0.717) is 3.72 Å². The van der Waals surface area contributed by atoms with E-state index in [1.54, 1.807) is 0 Å². The largest absolute Gasteiger partial charge is 0.398 e. The molecule has 1 aromatic rings. The van der Waals surface area contributed by atoms with Gasteiger partial charge in [-0.1, -0.05) is 6.58 Å². The lowest BCUT2D eigenvalue weighted by atomic mass is 10.1. The molecular weight excluding hydrogens is 325 g/mol. The first-order valence-corrected chi connectivity index (χ1v) is 5.39. The molecule has 0 bridgehead atoms. The first-order valence-electron chi connectivity index (χ1n) is 4.31. The summed E-state index contributed by atoms with van der Waals surface area (Å²) in [7, 11) is 0. The SMILES string of the molecule is C=C/N=C(I)\C=C(/N)c1ccc(F)cc1F. The van der Waals surface area contributed by atoms with E-state index in [1.165, 1.54) is 18.3 Å². The van der Waals surface area contributed by atoms with E-state index in [0.717, 1.165) is 12.1 Å². The van der Waals surface area contributed by atoms with Gasteiger partial charge in [-0.3, -0.25) is 4.99 Å². The van der Waals surface area contributed by atoms with E-state index in [4.69, 9.17) is 5.73 Å². The van der Waals surface area contributed by atoms with Crippen molar-refractivity contribution in [2.45, 2.75) is 0 Å². The molecule has 0 aliphatic carbocycles. The minimum absolute atomic E-state index is 0.148. The average molecular weight is 334 g/mol. The Balaban J connectivity index is 3.09. The summed E-state index contributed by atoms with van der Waals surface area (Å²) >= 11 is 1.93. The summed E-state index contributed by atoms with van der Waals surface area (Å²) in [6.45, 7) is 3.42. The predicted octanol–water partition coefficient (Wildman–Crippen LogP) is 3.24. The fourth-order valence-corrected chi connectivity index (χ4v) is 1.59. The minimum Gasteiger partial charge on any atom is -0.398 e. The molecule has 0 radical (unpaired) electrons. The lowest BCUT2D eigenvalue weighted by molar-refractivity contribution is 0.581. The van der Waals surface area contributed by atoms with Crippen molar-refractivity contribution >= 4 is 32.0 Å². The maximum Gasteiger partial charge on any atom is 0.135 e. The monoisotopic (exact) mass is 334 g/mol. The second kappa shape index (κ2) is 5.74. The van der Waals surface area contributed by atoms with Crippen LogP contribution in [0.3, 0.4) is 0 Å². The number of aliphatic imine (C=N–C) groups is 1. The fraction of sp³-hybridized carbons (Fsp3) is 0. The Morgan fingerprint density at radius 1 is 1.44 bits per heavy atom. The maximum atomic E-state index is 13.3. The van der Waals surface area contributed by atoms with Crippen LogP contribution >= 0.6 is 22.6 Å². The van der Waals surface area contributed by atoms with E-state index >= 15 is 0 Å². The molecule has 1 rings (SSSR count). The van der Waals surface area contributed by atoms with Gasteiger partial charge < -0.3 is 5.73 Å². The van der Waals surface area contributed by atoms with Crippen molar-refractivity contribution < 1.29 is 8.78 Å². The molecule has 0 heterocycles. The molecule has 0 aliphatic rings. The van der Waals surface area contributed by atoms with Crippen molar-refractivity contribution in [1.82, 2.24) is 0 Å². The van der Waals surface area contributed by atoms with Crippen LogP contribution in [0.1, 0.15) is 5.56 Å². The number of nitrogens with zero attached hydrogens (tertiary/aromatic N) is 1. The summed E-state index contributed by atoms with van der Waals surface area (Å²) in [4.78, 5) is 3.85. The third kappa shape index (κ3) is 3.41. The number of rotatable bonds is 3. The van der Waals surface area contributed by atoms with Gasteiger partial charge in [-0.15, -0.1) is 0 Å². The van der Waals surface area contributed by atoms with Crippen LogP contribution in [-0.2, 0) is 0 Å². The highest BCUT2D eigenvalue weighted by molar-refractivity contribution is 14.1. The second-order valence-corrected chi connectivity index (χ2v) is 3.96. The number of benzene rings is 1. The van der Waals surface area contributed by atoms with Crippen LogP contribution in [0, 0.1) is 11.6 Å². The van der Waals surface area contributed by atoms with Gasteiger partial charge in [0, 0.05) is 23.5 Å². The Hall–Kier alpha value is -1.24. The van der Waals surface area contributed by atoms with Gasteiger partial charge in [0.05, 0.1) is 0 Å². The minimum atomic E-state index is -0.698. The topological polar surface area (TPSA) is 38.4 Å². The van der Waals surface area contributed by atoms with Crippen LogP contribution in [0.2, 0.25) is 0 Å². The van der Waals surface area contributed by atoms with Crippen LogP contribution < -0.4 is 5.73 Å². The van der Waals surface area contributed by atoms with Crippen LogP contribution in [0.4, 0.5) is 8.78 Å². The zero-order valence-electron chi connectivity index (χ0n) is 8.25. The highest BCUT2D eigenvalue weighted by Gasteiger charge is 2.06. The molecule has 84 valence electrons. The van der Waals surface area contributed by atoms with E-state index < -0.39 is 11.6 Å². The van der Waals surface area contributed by atoms with E-state index in [9.17, 15) is 8.78 Å². The molecular formula is C11H9F2IN2. The molecule has 0 atom stereocenters. The van der Waals surface area contributed by atoms with Crippen molar-refractivity contribution in [3.8, 4) is 0 Å². The van der Waals surface area contributed by atoms with Gasteiger partial charge in [-0.2, -0.15) is 0 Å². The summed E-state index contributed by atoms with van der Waals surface area (Å²) in [5.41, 5.74) is 5.99. The molecule has 2 nitrogen and oxygen atoms in total. The summed E-state index contributed by atoms with van der Waals surface area (Å²) < 4.78 is 26.5. The Morgan fingerprint density at radius 2 is 2.12 bits per heavy atom. The normalized spacial score (nSPS) is 12.7. The third-order valence-electron chi connectivity index (χ3n) is 1.73. The quantitative estimate of drug-likeness (QED) is 0.669. The van der Waals surface area contributed by atoms with Gasteiger partial charge in [0.2, 0.25) is 0 Å². The van der Waals surface area contributed by atoms with Crippen LogP contribution in [0.25, 0.3) is 5.70 Å². The molecule has 0 aliphatic heterocycles. The van der Waals surface area contributed by atoms with Crippen molar-refractivity contribution in [3.05, 3.63) is 54.3 Å². The fourth-order valence-electron chi connectivity index (χ4n) is 1.05. The molecule has 0 fully saturated rings. The molecule has 5 heteroatoms. The van der Waals surface area contributed by atoms with E-state index in [2.05, 4.69) is 11.6 Å². The number of hydrogen-bond donors (Lipinski definition) is 1. The van der Waals surface area contributed by atoms with Crippen molar-refractivity contribution in [2.24, 2.45) is 10.7 Å². The number of allylic oxidation sites excluding steroid dienone is 1.